The van der Waals surface area contributed by atoms with E-state index in [4.69, 9.17) is 0 Å². The fourth-order valence-electron chi connectivity index (χ4n) is 3.07. The molecule has 0 radical (unpaired) electrons. The van der Waals surface area contributed by atoms with Crippen molar-refractivity contribution in [3.8, 4) is 0 Å². The van der Waals surface area contributed by atoms with Crippen LogP contribution in [0.15, 0.2) is 24.3 Å². The van der Waals surface area contributed by atoms with Gasteiger partial charge in [-0.1, -0.05) is 18.2 Å². The summed E-state index contributed by atoms with van der Waals surface area (Å²) in [7, 11) is 0. The summed E-state index contributed by atoms with van der Waals surface area (Å²) in [5, 5.41) is 9.74. The van der Waals surface area contributed by atoms with Gasteiger partial charge in [-0.25, -0.2) is 4.39 Å². The standard InChI is InChI=1S/C17H24FNO2/c1-12(20)13-7-6-10-19(11-13)16(21)17(2,3)14-8-4-5-9-15(14)18/h4-5,8-9,12-13,20H,6-7,10-11H2,1-3H3. The highest BCUT2D eigenvalue weighted by Crippen LogP contribution is 2.30. The van der Waals surface area contributed by atoms with Crippen LogP contribution < -0.4 is 0 Å². The van der Waals surface area contributed by atoms with Crippen LogP contribution >= 0.6 is 0 Å². The zero-order chi connectivity index (χ0) is 15.6. The van der Waals surface area contributed by atoms with Gasteiger partial charge in [0, 0.05) is 24.6 Å². The van der Waals surface area contributed by atoms with Crippen molar-refractivity contribution in [3.63, 3.8) is 0 Å². The van der Waals surface area contributed by atoms with Gasteiger partial charge < -0.3 is 10.0 Å². The van der Waals surface area contributed by atoms with Crippen LogP contribution in [0.5, 0.6) is 0 Å². The number of hydrogen-bond donors (Lipinski definition) is 1. The molecule has 2 unspecified atom stereocenters. The maximum atomic E-state index is 14.0. The molecule has 116 valence electrons. The third-order valence-electron chi connectivity index (χ3n) is 4.51. The Morgan fingerprint density at radius 2 is 2.10 bits per heavy atom. The minimum absolute atomic E-state index is 0.0713. The number of carbonyl (C=O) groups excluding carboxylic acids is 1. The number of piperidine rings is 1. The first-order chi connectivity index (χ1) is 9.84. The van der Waals surface area contributed by atoms with Gasteiger partial charge >= 0.3 is 0 Å². The molecule has 1 aliphatic rings. The minimum atomic E-state index is -0.897. The van der Waals surface area contributed by atoms with E-state index in [1.54, 1.807) is 43.9 Å². The average Bonchev–Trinajstić information content (AvgIpc) is 2.46. The van der Waals surface area contributed by atoms with Crippen LogP contribution in [-0.2, 0) is 10.2 Å². The lowest BCUT2D eigenvalue weighted by atomic mass is 9.81. The summed E-state index contributed by atoms with van der Waals surface area (Å²) in [6.45, 7) is 6.52. The quantitative estimate of drug-likeness (QED) is 0.931. The molecule has 1 N–H and O–H groups in total. The molecule has 1 aromatic carbocycles. The SMILES string of the molecule is CC(O)C1CCCN(C(=O)C(C)(C)c2ccccc2F)C1. The van der Waals surface area contributed by atoms with E-state index in [0.717, 1.165) is 12.8 Å². The molecule has 1 fully saturated rings. The maximum absolute atomic E-state index is 14.0. The van der Waals surface area contributed by atoms with E-state index < -0.39 is 11.5 Å². The molecule has 1 saturated heterocycles. The van der Waals surface area contributed by atoms with E-state index in [-0.39, 0.29) is 17.6 Å². The van der Waals surface area contributed by atoms with Crippen LogP contribution in [0.4, 0.5) is 4.39 Å². The molecule has 4 heteroatoms. The number of hydrogen-bond acceptors (Lipinski definition) is 2. The lowest BCUT2D eigenvalue weighted by Gasteiger charge is -2.38. The van der Waals surface area contributed by atoms with E-state index in [2.05, 4.69) is 0 Å². The Morgan fingerprint density at radius 1 is 1.43 bits per heavy atom. The summed E-state index contributed by atoms with van der Waals surface area (Å²) in [4.78, 5) is 14.6. The number of carbonyl (C=O) groups is 1. The molecule has 1 amide bonds. The monoisotopic (exact) mass is 293 g/mol. The highest BCUT2D eigenvalue weighted by Gasteiger charge is 2.38. The molecule has 0 saturated carbocycles. The first kappa shape index (κ1) is 16.0. The number of amides is 1. The molecule has 1 aromatic rings. The number of likely N-dealkylation sites (tertiary alicyclic amines) is 1. The summed E-state index contributed by atoms with van der Waals surface area (Å²) < 4.78 is 14.0. The zero-order valence-corrected chi connectivity index (χ0v) is 13.0. The highest BCUT2D eigenvalue weighted by atomic mass is 19.1. The van der Waals surface area contributed by atoms with Crippen molar-refractivity contribution in [1.29, 1.82) is 0 Å². The van der Waals surface area contributed by atoms with Crippen molar-refractivity contribution < 1.29 is 14.3 Å². The van der Waals surface area contributed by atoms with Gasteiger partial charge in [-0.15, -0.1) is 0 Å². The average molecular weight is 293 g/mol. The topological polar surface area (TPSA) is 40.5 Å². The molecule has 2 rings (SSSR count). The normalized spacial score (nSPS) is 21.2. The zero-order valence-electron chi connectivity index (χ0n) is 13.0. The Balaban J connectivity index is 2.20. The van der Waals surface area contributed by atoms with Gasteiger partial charge in [0.1, 0.15) is 5.82 Å². The van der Waals surface area contributed by atoms with Crippen LogP contribution in [0.1, 0.15) is 39.2 Å². The van der Waals surface area contributed by atoms with Gasteiger partial charge in [-0.3, -0.25) is 4.79 Å². The van der Waals surface area contributed by atoms with E-state index in [1.165, 1.54) is 6.07 Å². The molecule has 0 aromatic heterocycles. The Bertz CT molecular complexity index is 513. The van der Waals surface area contributed by atoms with E-state index in [1.807, 2.05) is 0 Å². The molecule has 0 bridgehead atoms. The molecule has 2 atom stereocenters. The molecule has 21 heavy (non-hydrogen) atoms. The van der Waals surface area contributed by atoms with Crippen LogP contribution in [0.2, 0.25) is 0 Å². The van der Waals surface area contributed by atoms with E-state index >= 15 is 0 Å². The van der Waals surface area contributed by atoms with E-state index in [0.29, 0.717) is 18.7 Å². The summed E-state index contributed by atoms with van der Waals surface area (Å²) in [5.41, 5.74) is -0.472. The predicted octanol–water partition coefficient (Wildman–Crippen LogP) is 2.72. The largest absolute Gasteiger partial charge is 0.393 e. The Labute approximate surface area is 125 Å². The summed E-state index contributed by atoms with van der Waals surface area (Å²) in [6.07, 6.45) is 1.40. The fourth-order valence-corrected chi connectivity index (χ4v) is 3.07. The number of rotatable bonds is 3. The first-order valence-corrected chi connectivity index (χ1v) is 7.56. The Morgan fingerprint density at radius 3 is 2.71 bits per heavy atom. The Kier molecular flexibility index (Phi) is 4.67. The van der Waals surface area contributed by atoms with Crippen LogP contribution in [0.25, 0.3) is 0 Å². The van der Waals surface area contributed by atoms with Crippen molar-refractivity contribution in [2.45, 2.75) is 45.1 Å². The van der Waals surface area contributed by atoms with Gasteiger partial charge in [0.25, 0.3) is 0 Å². The van der Waals surface area contributed by atoms with Crippen LogP contribution in [0.3, 0.4) is 0 Å². The van der Waals surface area contributed by atoms with Gasteiger partial charge in [0.05, 0.1) is 11.5 Å². The van der Waals surface area contributed by atoms with Crippen LogP contribution in [0, 0.1) is 11.7 Å². The van der Waals surface area contributed by atoms with Crippen molar-refractivity contribution in [1.82, 2.24) is 4.90 Å². The van der Waals surface area contributed by atoms with Gasteiger partial charge in [-0.05, 0) is 39.7 Å². The fraction of sp³-hybridized carbons (Fsp3) is 0.588. The summed E-state index contributed by atoms with van der Waals surface area (Å²) in [6, 6.07) is 6.44. The van der Waals surface area contributed by atoms with Gasteiger partial charge in [0.2, 0.25) is 5.91 Å². The first-order valence-electron chi connectivity index (χ1n) is 7.56. The lowest BCUT2D eigenvalue weighted by molar-refractivity contribution is -0.139. The molecular weight excluding hydrogens is 269 g/mol. The highest BCUT2D eigenvalue weighted by molar-refractivity contribution is 5.87. The molecule has 0 spiro atoms. The number of halogens is 1. The lowest BCUT2D eigenvalue weighted by Crippen LogP contribution is -2.49. The second-order valence-corrected chi connectivity index (χ2v) is 6.50. The molecular formula is C17H24FNO2. The van der Waals surface area contributed by atoms with Gasteiger partial charge in [-0.2, -0.15) is 0 Å². The number of aliphatic hydroxyl groups excluding tert-OH is 1. The van der Waals surface area contributed by atoms with Crippen molar-refractivity contribution in [2.24, 2.45) is 5.92 Å². The summed E-state index contributed by atoms with van der Waals surface area (Å²) in [5.74, 6) is -0.308. The third kappa shape index (κ3) is 3.26. The predicted molar refractivity (Wildman–Crippen MR) is 80.4 cm³/mol. The van der Waals surface area contributed by atoms with Crippen molar-refractivity contribution >= 4 is 5.91 Å². The number of aliphatic hydroxyl groups is 1. The van der Waals surface area contributed by atoms with Crippen LogP contribution in [-0.4, -0.2) is 35.1 Å². The smallest absolute Gasteiger partial charge is 0.232 e. The number of benzene rings is 1. The third-order valence-corrected chi connectivity index (χ3v) is 4.51. The molecule has 0 aliphatic carbocycles. The van der Waals surface area contributed by atoms with Crippen molar-refractivity contribution in [2.75, 3.05) is 13.1 Å². The second kappa shape index (κ2) is 6.14. The Hall–Kier alpha value is -1.42. The summed E-state index contributed by atoms with van der Waals surface area (Å²) >= 11 is 0. The molecule has 1 aliphatic heterocycles. The molecule has 1 heterocycles. The second-order valence-electron chi connectivity index (χ2n) is 6.50. The van der Waals surface area contributed by atoms with E-state index in [9.17, 15) is 14.3 Å². The minimum Gasteiger partial charge on any atom is -0.393 e. The maximum Gasteiger partial charge on any atom is 0.232 e. The van der Waals surface area contributed by atoms with Gasteiger partial charge in [0.15, 0.2) is 0 Å². The molecule has 3 nitrogen and oxygen atoms in total. The number of nitrogens with zero attached hydrogens (tertiary/aromatic N) is 1. The van der Waals surface area contributed by atoms with Crippen molar-refractivity contribution in [3.05, 3.63) is 35.6 Å².